The van der Waals surface area contributed by atoms with Crippen molar-refractivity contribution in [3.8, 4) is 5.75 Å². The number of carbonyl (C=O) groups is 1. The van der Waals surface area contributed by atoms with Crippen molar-refractivity contribution in [2.45, 2.75) is 6.04 Å². The minimum absolute atomic E-state index is 0.401. The summed E-state index contributed by atoms with van der Waals surface area (Å²) in [6, 6.07) is 5.01. The third-order valence-corrected chi connectivity index (χ3v) is 2.77. The molecular formula is C11H15BrN2O2. The molecule has 1 aromatic carbocycles. The van der Waals surface area contributed by atoms with Gasteiger partial charge in [-0.2, -0.15) is 0 Å². The first-order valence-electron chi connectivity index (χ1n) is 4.76. The van der Waals surface area contributed by atoms with Gasteiger partial charge in [-0.05, 0) is 32.3 Å². The van der Waals surface area contributed by atoms with E-state index in [0.717, 1.165) is 10.0 Å². The maximum absolute atomic E-state index is 11.4. The number of methoxy groups -OCH3 is 1. The molecule has 0 aliphatic heterocycles. The summed E-state index contributed by atoms with van der Waals surface area (Å²) in [5, 5.41) is 0. The van der Waals surface area contributed by atoms with Crippen LogP contribution in [0.15, 0.2) is 22.7 Å². The van der Waals surface area contributed by atoms with Crippen LogP contribution in [0.3, 0.4) is 0 Å². The van der Waals surface area contributed by atoms with Crippen LogP contribution in [-0.2, 0) is 4.79 Å². The smallest absolute Gasteiger partial charge is 0.239 e. The molecule has 16 heavy (non-hydrogen) atoms. The van der Waals surface area contributed by atoms with Crippen molar-refractivity contribution in [2.75, 3.05) is 21.2 Å². The topological polar surface area (TPSA) is 55.6 Å². The number of benzene rings is 1. The number of nitrogens with zero attached hydrogens (tertiary/aromatic N) is 1. The maximum Gasteiger partial charge on any atom is 0.239 e. The van der Waals surface area contributed by atoms with Crippen molar-refractivity contribution in [1.82, 2.24) is 4.90 Å². The fraction of sp³-hybridized carbons (Fsp3) is 0.364. The van der Waals surface area contributed by atoms with E-state index in [1.165, 1.54) is 0 Å². The van der Waals surface area contributed by atoms with Crippen LogP contribution in [0.4, 0.5) is 0 Å². The standard InChI is InChI=1S/C11H15BrN2O2/c1-14(2)10(11(13)15)8-6-7(12)4-5-9(8)16-3/h4-6,10H,1-3H3,(H2,13,15). The monoisotopic (exact) mass is 286 g/mol. The van der Waals surface area contributed by atoms with E-state index < -0.39 is 11.9 Å². The lowest BCUT2D eigenvalue weighted by Gasteiger charge is -2.23. The molecule has 5 heteroatoms. The molecule has 0 aromatic heterocycles. The second-order valence-corrected chi connectivity index (χ2v) is 4.57. The molecule has 1 aromatic rings. The average molecular weight is 287 g/mol. The SMILES string of the molecule is COc1ccc(Br)cc1C(C(N)=O)N(C)C. The Balaban J connectivity index is 3.26. The summed E-state index contributed by atoms with van der Waals surface area (Å²) >= 11 is 3.37. The summed E-state index contributed by atoms with van der Waals surface area (Å²) in [6.07, 6.45) is 0. The largest absolute Gasteiger partial charge is 0.496 e. The van der Waals surface area contributed by atoms with E-state index in [0.29, 0.717) is 5.75 Å². The lowest BCUT2D eigenvalue weighted by Crippen LogP contribution is -2.33. The van der Waals surface area contributed by atoms with Gasteiger partial charge in [-0.1, -0.05) is 15.9 Å². The maximum atomic E-state index is 11.4. The van der Waals surface area contributed by atoms with Gasteiger partial charge in [0.15, 0.2) is 0 Å². The highest BCUT2D eigenvalue weighted by Crippen LogP contribution is 2.30. The molecule has 0 saturated carbocycles. The van der Waals surface area contributed by atoms with Crippen molar-refractivity contribution < 1.29 is 9.53 Å². The normalized spacial score (nSPS) is 12.6. The Labute approximate surface area is 103 Å². The van der Waals surface area contributed by atoms with Crippen LogP contribution in [0.5, 0.6) is 5.75 Å². The summed E-state index contributed by atoms with van der Waals surface area (Å²) in [6.45, 7) is 0. The molecule has 1 rings (SSSR count). The first-order chi connectivity index (χ1) is 7.47. The minimum atomic E-state index is -0.493. The number of rotatable bonds is 4. The van der Waals surface area contributed by atoms with Gasteiger partial charge in [-0.15, -0.1) is 0 Å². The van der Waals surface area contributed by atoms with E-state index >= 15 is 0 Å². The highest BCUT2D eigenvalue weighted by atomic mass is 79.9. The lowest BCUT2D eigenvalue weighted by atomic mass is 10.0. The predicted molar refractivity (Wildman–Crippen MR) is 66.3 cm³/mol. The second-order valence-electron chi connectivity index (χ2n) is 3.65. The van der Waals surface area contributed by atoms with Gasteiger partial charge in [0.1, 0.15) is 11.8 Å². The Morgan fingerprint density at radius 3 is 2.56 bits per heavy atom. The Hall–Kier alpha value is -1.07. The third kappa shape index (κ3) is 2.74. The summed E-state index contributed by atoms with van der Waals surface area (Å²) in [4.78, 5) is 13.2. The Bertz CT molecular complexity index is 394. The zero-order chi connectivity index (χ0) is 12.3. The molecule has 1 amide bonds. The van der Waals surface area contributed by atoms with Gasteiger partial charge in [0.05, 0.1) is 7.11 Å². The van der Waals surface area contributed by atoms with Gasteiger partial charge in [-0.3, -0.25) is 9.69 Å². The predicted octanol–water partition coefficient (Wildman–Crippen LogP) is 1.55. The quantitative estimate of drug-likeness (QED) is 0.914. The van der Waals surface area contributed by atoms with E-state index in [4.69, 9.17) is 10.5 Å². The van der Waals surface area contributed by atoms with Gasteiger partial charge in [-0.25, -0.2) is 0 Å². The number of hydrogen-bond acceptors (Lipinski definition) is 3. The highest BCUT2D eigenvalue weighted by Gasteiger charge is 2.23. The molecule has 1 atom stereocenters. The van der Waals surface area contributed by atoms with Crippen LogP contribution in [-0.4, -0.2) is 32.0 Å². The van der Waals surface area contributed by atoms with Crippen molar-refractivity contribution in [3.05, 3.63) is 28.2 Å². The molecule has 0 saturated heterocycles. The van der Waals surface area contributed by atoms with Crippen molar-refractivity contribution in [1.29, 1.82) is 0 Å². The molecule has 0 aliphatic carbocycles. The average Bonchev–Trinajstić information content (AvgIpc) is 2.17. The number of hydrogen-bond donors (Lipinski definition) is 1. The second kappa shape index (κ2) is 5.32. The molecule has 0 spiro atoms. The molecule has 4 nitrogen and oxygen atoms in total. The van der Waals surface area contributed by atoms with Gasteiger partial charge in [0.25, 0.3) is 0 Å². The van der Waals surface area contributed by atoms with E-state index in [1.54, 1.807) is 32.2 Å². The zero-order valence-electron chi connectivity index (χ0n) is 9.53. The van der Waals surface area contributed by atoms with Crippen molar-refractivity contribution >= 4 is 21.8 Å². The third-order valence-electron chi connectivity index (χ3n) is 2.27. The number of ether oxygens (including phenoxy) is 1. The van der Waals surface area contributed by atoms with Crippen LogP contribution in [0.1, 0.15) is 11.6 Å². The Kier molecular flexibility index (Phi) is 4.32. The van der Waals surface area contributed by atoms with E-state index in [-0.39, 0.29) is 0 Å². The van der Waals surface area contributed by atoms with Gasteiger partial charge in [0.2, 0.25) is 5.91 Å². The van der Waals surface area contributed by atoms with E-state index in [1.807, 2.05) is 12.1 Å². The number of carbonyl (C=O) groups excluding carboxylic acids is 1. The lowest BCUT2D eigenvalue weighted by molar-refractivity contribution is -0.122. The molecule has 1 unspecified atom stereocenters. The number of primary amides is 1. The van der Waals surface area contributed by atoms with Crippen molar-refractivity contribution in [2.24, 2.45) is 5.73 Å². The van der Waals surface area contributed by atoms with Crippen LogP contribution in [0.2, 0.25) is 0 Å². The van der Waals surface area contributed by atoms with Crippen molar-refractivity contribution in [3.63, 3.8) is 0 Å². The van der Waals surface area contributed by atoms with Crippen LogP contribution >= 0.6 is 15.9 Å². The van der Waals surface area contributed by atoms with Gasteiger partial charge >= 0.3 is 0 Å². The Morgan fingerprint density at radius 1 is 1.50 bits per heavy atom. The number of nitrogens with two attached hydrogens (primary N) is 1. The minimum Gasteiger partial charge on any atom is -0.496 e. The molecular weight excluding hydrogens is 272 g/mol. The van der Waals surface area contributed by atoms with E-state index in [2.05, 4.69) is 15.9 Å². The molecule has 0 bridgehead atoms. The fourth-order valence-electron chi connectivity index (χ4n) is 1.60. The zero-order valence-corrected chi connectivity index (χ0v) is 11.1. The molecule has 0 fully saturated rings. The first kappa shape index (κ1) is 13.0. The van der Waals surface area contributed by atoms with Crippen LogP contribution < -0.4 is 10.5 Å². The molecule has 2 N–H and O–H groups in total. The van der Waals surface area contributed by atoms with Gasteiger partial charge in [0, 0.05) is 10.0 Å². The highest BCUT2D eigenvalue weighted by molar-refractivity contribution is 9.10. The van der Waals surface area contributed by atoms with Gasteiger partial charge < -0.3 is 10.5 Å². The van der Waals surface area contributed by atoms with Crippen LogP contribution in [0, 0.1) is 0 Å². The first-order valence-corrected chi connectivity index (χ1v) is 5.56. The molecule has 0 heterocycles. The fourth-order valence-corrected chi connectivity index (χ4v) is 1.98. The number of amides is 1. The summed E-state index contributed by atoms with van der Waals surface area (Å²) in [5.41, 5.74) is 6.15. The number of likely N-dealkylation sites (N-methyl/N-ethyl adjacent to an activating group) is 1. The number of halogens is 1. The van der Waals surface area contributed by atoms with Crippen LogP contribution in [0.25, 0.3) is 0 Å². The summed E-state index contributed by atoms with van der Waals surface area (Å²) in [5.74, 6) is 0.252. The molecule has 0 radical (unpaired) electrons. The molecule has 88 valence electrons. The molecule has 0 aliphatic rings. The summed E-state index contributed by atoms with van der Waals surface area (Å²) < 4.78 is 6.11. The Morgan fingerprint density at radius 2 is 2.12 bits per heavy atom. The summed E-state index contributed by atoms with van der Waals surface area (Å²) in [7, 11) is 5.17. The van der Waals surface area contributed by atoms with E-state index in [9.17, 15) is 4.79 Å².